The standard InChI is InChI=1S/C13H26N2O2/c1-9-7-10(14)5-6-11(9)12(16)15-8-13(2,3)17-4/h9-11H,5-8,14H2,1-4H3,(H,15,16). The summed E-state index contributed by atoms with van der Waals surface area (Å²) in [6.07, 6.45) is 2.81. The lowest BCUT2D eigenvalue weighted by atomic mass is 9.77. The Bertz CT molecular complexity index is 266. The van der Waals surface area contributed by atoms with Gasteiger partial charge in [0.1, 0.15) is 0 Å². The first-order chi connectivity index (χ1) is 7.85. The van der Waals surface area contributed by atoms with E-state index in [2.05, 4.69) is 12.2 Å². The van der Waals surface area contributed by atoms with Gasteiger partial charge in [-0.2, -0.15) is 0 Å². The van der Waals surface area contributed by atoms with E-state index in [-0.39, 0.29) is 23.5 Å². The largest absolute Gasteiger partial charge is 0.377 e. The fourth-order valence-corrected chi connectivity index (χ4v) is 2.33. The van der Waals surface area contributed by atoms with Crippen LogP contribution in [0.25, 0.3) is 0 Å². The van der Waals surface area contributed by atoms with Crippen LogP contribution < -0.4 is 11.1 Å². The zero-order valence-electron chi connectivity index (χ0n) is 11.5. The Labute approximate surface area is 104 Å². The third-order valence-corrected chi connectivity index (χ3v) is 3.79. The van der Waals surface area contributed by atoms with Gasteiger partial charge in [0, 0.05) is 25.6 Å². The number of hydrogen-bond acceptors (Lipinski definition) is 3. The van der Waals surface area contributed by atoms with Gasteiger partial charge in [-0.25, -0.2) is 0 Å². The lowest BCUT2D eigenvalue weighted by Crippen LogP contribution is -2.45. The zero-order valence-corrected chi connectivity index (χ0v) is 11.5. The quantitative estimate of drug-likeness (QED) is 0.781. The summed E-state index contributed by atoms with van der Waals surface area (Å²) in [5.41, 5.74) is 5.60. The molecular weight excluding hydrogens is 216 g/mol. The Morgan fingerprint density at radius 3 is 2.65 bits per heavy atom. The topological polar surface area (TPSA) is 64.3 Å². The molecular formula is C13H26N2O2. The zero-order chi connectivity index (χ0) is 13.1. The summed E-state index contributed by atoms with van der Waals surface area (Å²) in [7, 11) is 1.66. The first-order valence-corrected chi connectivity index (χ1v) is 6.44. The first-order valence-electron chi connectivity index (χ1n) is 6.44. The minimum Gasteiger partial charge on any atom is -0.377 e. The van der Waals surface area contributed by atoms with E-state index in [9.17, 15) is 4.79 Å². The normalized spacial score (nSPS) is 30.1. The molecule has 1 aliphatic carbocycles. The fraction of sp³-hybridized carbons (Fsp3) is 0.923. The summed E-state index contributed by atoms with van der Waals surface area (Å²) in [6, 6.07) is 0.268. The number of nitrogens with one attached hydrogen (secondary N) is 1. The highest BCUT2D eigenvalue weighted by Crippen LogP contribution is 2.29. The predicted octanol–water partition coefficient (Wildman–Crippen LogP) is 1.29. The highest BCUT2D eigenvalue weighted by atomic mass is 16.5. The minimum atomic E-state index is -0.302. The van der Waals surface area contributed by atoms with Crippen LogP contribution in [0.4, 0.5) is 0 Å². The Balaban J connectivity index is 2.42. The van der Waals surface area contributed by atoms with Crippen molar-refractivity contribution >= 4 is 5.91 Å². The van der Waals surface area contributed by atoms with E-state index in [0.717, 1.165) is 19.3 Å². The van der Waals surface area contributed by atoms with Crippen LogP contribution in [0.2, 0.25) is 0 Å². The van der Waals surface area contributed by atoms with Gasteiger partial charge in [0.2, 0.25) is 5.91 Å². The molecule has 4 heteroatoms. The maximum absolute atomic E-state index is 12.1. The Kier molecular flexibility index (Phi) is 4.95. The summed E-state index contributed by atoms with van der Waals surface area (Å²) in [6.45, 7) is 6.60. The number of carbonyl (C=O) groups excluding carboxylic acids is 1. The molecule has 0 aromatic carbocycles. The SMILES string of the molecule is COC(C)(C)CNC(=O)C1CCC(N)CC1C. The number of hydrogen-bond donors (Lipinski definition) is 2. The van der Waals surface area contributed by atoms with E-state index < -0.39 is 0 Å². The second-order valence-corrected chi connectivity index (χ2v) is 5.84. The van der Waals surface area contributed by atoms with Crippen LogP contribution in [0, 0.1) is 11.8 Å². The van der Waals surface area contributed by atoms with Crippen molar-refractivity contribution in [3.8, 4) is 0 Å². The van der Waals surface area contributed by atoms with Crippen LogP contribution >= 0.6 is 0 Å². The summed E-state index contributed by atoms with van der Waals surface area (Å²) in [5, 5.41) is 2.98. The summed E-state index contributed by atoms with van der Waals surface area (Å²) in [4.78, 5) is 12.1. The lowest BCUT2D eigenvalue weighted by Gasteiger charge is -2.32. The number of nitrogens with two attached hydrogens (primary N) is 1. The number of rotatable bonds is 4. The molecule has 1 saturated carbocycles. The highest BCUT2D eigenvalue weighted by molar-refractivity contribution is 5.79. The smallest absolute Gasteiger partial charge is 0.223 e. The van der Waals surface area contributed by atoms with Crippen molar-refractivity contribution in [2.75, 3.05) is 13.7 Å². The summed E-state index contributed by atoms with van der Waals surface area (Å²) >= 11 is 0. The van der Waals surface area contributed by atoms with Gasteiger partial charge in [0.25, 0.3) is 0 Å². The van der Waals surface area contributed by atoms with E-state index in [1.165, 1.54) is 0 Å². The molecule has 3 unspecified atom stereocenters. The van der Waals surface area contributed by atoms with Crippen LogP contribution in [0.5, 0.6) is 0 Å². The molecule has 1 rings (SSSR count). The van der Waals surface area contributed by atoms with Crippen LogP contribution in [-0.4, -0.2) is 31.2 Å². The second-order valence-electron chi connectivity index (χ2n) is 5.84. The predicted molar refractivity (Wildman–Crippen MR) is 68.6 cm³/mol. The average molecular weight is 242 g/mol. The fourth-order valence-electron chi connectivity index (χ4n) is 2.33. The van der Waals surface area contributed by atoms with E-state index >= 15 is 0 Å². The Hall–Kier alpha value is -0.610. The van der Waals surface area contributed by atoms with Crippen LogP contribution in [-0.2, 0) is 9.53 Å². The summed E-state index contributed by atoms with van der Waals surface area (Å²) < 4.78 is 5.28. The van der Waals surface area contributed by atoms with Gasteiger partial charge in [-0.05, 0) is 39.0 Å². The molecule has 0 bridgehead atoms. The van der Waals surface area contributed by atoms with Gasteiger partial charge >= 0.3 is 0 Å². The van der Waals surface area contributed by atoms with Crippen LogP contribution in [0.3, 0.4) is 0 Å². The van der Waals surface area contributed by atoms with Crippen LogP contribution in [0.15, 0.2) is 0 Å². The monoisotopic (exact) mass is 242 g/mol. The molecule has 0 radical (unpaired) electrons. The molecule has 0 aliphatic heterocycles. The van der Waals surface area contributed by atoms with Gasteiger partial charge in [-0.1, -0.05) is 6.92 Å². The second kappa shape index (κ2) is 5.83. The van der Waals surface area contributed by atoms with Crippen LogP contribution in [0.1, 0.15) is 40.0 Å². The molecule has 1 fully saturated rings. The van der Waals surface area contributed by atoms with Crippen molar-refractivity contribution in [1.82, 2.24) is 5.32 Å². The van der Waals surface area contributed by atoms with Gasteiger partial charge in [0.15, 0.2) is 0 Å². The molecule has 1 aliphatic rings. The Morgan fingerprint density at radius 1 is 1.47 bits per heavy atom. The van der Waals surface area contributed by atoms with E-state index in [0.29, 0.717) is 12.5 Å². The first kappa shape index (κ1) is 14.5. The number of ether oxygens (including phenoxy) is 1. The van der Waals surface area contributed by atoms with Gasteiger partial charge in [0.05, 0.1) is 5.60 Å². The molecule has 1 amide bonds. The van der Waals surface area contributed by atoms with Crippen molar-refractivity contribution in [3.63, 3.8) is 0 Å². The molecule has 17 heavy (non-hydrogen) atoms. The van der Waals surface area contributed by atoms with E-state index in [4.69, 9.17) is 10.5 Å². The van der Waals surface area contributed by atoms with Crippen molar-refractivity contribution in [2.24, 2.45) is 17.6 Å². The van der Waals surface area contributed by atoms with Gasteiger partial charge < -0.3 is 15.8 Å². The maximum atomic E-state index is 12.1. The van der Waals surface area contributed by atoms with Gasteiger partial charge in [-0.15, -0.1) is 0 Å². The minimum absolute atomic E-state index is 0.113. The van der Waals surface area contributed by atoms with E-state index in [1.54, 1.807) is 7.11 Å². The molecule has 0 saturated heterocycles. The molecule has 4 nitrogen and oxygen atoms in total. The molecule has 0 spiro atoms. The molecule has 100 valence electrons. The molecule has 0 heterocycles. The van der Waals surface area contributed by atoms with Gasteiger partial charge in [-0.3, -0.25) is 4.79 Å². The number of amides is 1. The molecule has 3 N–H and O–H groups in total. The van der Waals surface area contributed by atoms with Crippen molar-refractivity contribution < 1.29 is 9.53 Å². The molecule has 0 aromatic heterocycles. The lowest BCUT2D eigenvalue weighted by molar-refractivity contribution is -0.128. The third-order valence-electron chi connectivity index (χ3n) is 3.79. The maximum Gasteiger partial charge on any atom is 0.223 e. The molecule has 3 atom stereocenters. The highest BCUT2D eigenvalue weighted by Gasteiger charge is 2.31. The van der Waals surface area contributed by atoms with Crippen molar-refractivity contribution in [2.45, 2.75) is 51.7 Å². The summed E-state index contributed by atoms with van der Waals surface area (Å²) in [5.74, 6) is 0.640. The number of methoxy groups -OCH3 is 1. The number of carbonyl (C=O) groups is 1. The average Bonchev–Trinajstić information content (AvgIpc) is 2.26. The molecule has 0 aromatic rings. The van der Waals surface area contributed by atoms with Crippen molar-refractivity contribution in [1.29, 1.82) is 0 Å². The van der Waals surface area contributed by atoms with E-state index in [1.807, 2.05) is 13.8 Å². The third kappa shape index (κ3) is 4.28. The van der Waals surface area contributed by atoms with Crippen molar-refractivity contribution in [3.05, 3.63) is 0 Å². The Morgan fingerprint density at radius 2 is 2.12 bits per heavy atom.